The quantitative estimate of drug-likeness (QED) is 0.650. The van der Waals surface area contributed by atoms with Gasteiger partial charge in [0.1, 0.15) is 5.82 Å². The SMILES string of the molecule is Cc1cccc([N+](=O)[O-])c1S(=O)(=O)N1CCNCC1c1cccc(F)c1. The summed E-state index contributed by atoms with van der Waals surface area (Å²) in [6, 6.07) is 9.24. The number of hydrogen-bond donors (Lipinski definition) is 1. The normalized spacial score (nSPS) is 18.6. The van der Waals surface area contributed by atoms with E-state index in [2.05, 4.69) is 5.32 Å². The monoisotopic (exact) mass is 379 g/mol. The molecule has 138 valence electrons. The smallest absolute Gasteiger partial charge is 0.289 e. The summed E-state index contributed by atoms with van der Waals surface area (Å²) in [5.41, 5.74) is 0.342. The molecule has 1 atom stereocenters. The molecule has 1 saturated heterocycles. The highest BCUT2D eigenvalue weighted by Crippen LogP contribution is 2.35. The molecule has 9 heteroatoms. The third kappa shape index (κ3) is 3.33. The number of nitro groups is 1. The maximum atomic E-state index is 13.6. The summed E-state index contributed by atoms with van der Waals surface area (Å²) in [5.74, 6) is -0.465. The highest BCUT2D eigenvalue weighted by atomic mass is 32.2. The average Bonchev–Trinajstić information content (AvgIpc) is 2.61. The second-order valence-corrected chi connectivity index (χ2v) is 7.90. The van der Waals surface area contributed by atoms with Crippen molar-refractivity contribution in [2.24, 2.45) is 0 Å². The molecule has 0 spiro atoms. The summed E-state index contributed by atoms with van der Waals surface area (Å²) in [6.45, 7) is 2.36. The molecule has 2 aromatic carbocycles. The Kier molecular flexibility index (Phi) is 5.03. The average molecular weight is 379 g/mol. The van der Waals surface area contributed by atoms with Crippen LogP contribution in [0, 0.1) is 22.9 Å². The molecule has 0 saturated carbocycles. The third-order valence-electron chi connectivity index (χ3n) is 4.38. The van der Waals surface area contributed by atoms with Crippen LogP contribution < -0.4 is 5.32 Å². The van der Waals surface area contributed by atoms with Crippen LogP contribution >= 0.6 is 0 Å². The molecule has 0 bridgehead atoms. The first kappa shape index (κ1) is 18.4. The van der Waals surface area contributed by atoms with E-state index in [1.807, 2.05) is 0 Å². The van der Waals surface area contributed by atoms with Crippen LogP contribution in [0.1, 0.15) is 17.2 Å². The number of sulfonamides is 1. The molecular formula is C17H18FN3O4S. The van der Waals surface area contributed by atoms with Gasteiger partial charge >= 0.3 is 0 Å². The van der Waals surface area contributed by atoms with E-state index >= 15 is 0 Å². The second-order valence-electron chi connectivity index (χ2n) is 6.07. The van der Waals surface area contributed by atoms with Crippen LogP contribution in [-0.4, -0.2) is 37.3 Å². The number of nitrogens with one attached hydrogen (secondary N) is 1. The van der Waals surface area contributed by atoms with Crippen LogP contribution in [0.5, 0.6) is 0 Å². The number of nitrogens with zero attached hydrogens (tertiary/aromatic N) is 2. The highest BCUT2D eigenvalue weighted by Gasteiger charge is 2.39. The van der Waals surface area contributed by atoms with Crippen molar-refractivity contribution >= 4 is 15.7 Å². The van der Waals surface area contributed by atoms with Crippen molar-refractivity contribution in [3.63, 3.8) is 0 Å². The van der Waals surface area contributed by atoms with E-state index in [1.165, 1.54) is 47.6 Å². The van der Waals surface area contributed by atoms with E-state index in [4.69, 9.17) is 0 Å². The lowest BCUT2D eigenvalue weighted by atomic mass is 10.1. The Morgan fingerprint density at radius 3 is 2.69 bits per heavy atom. The van der Waals surface area contributed by atoms with Crippen molar-refractivity contribution < 1.29 is 17.7 Å². The van der Waals surface area contributed by atoms with Crippen LogP contribution in [-0.2, 0) is 10.0 Å². The predicted octanol–water partition coefficient (Wildman–Crippen LogP) is 2.38. The molecule has 1 heterocycles. The van der Waals surface area contributed by atoms with Gasteiger partial charge in [-0.05, 0) is 30.2 Å². The Hall–Kier alpha value is -2.36. The first-order valence-corrected chi connectivity index (χ1v) is 9.48. The number of piperazine rings is 1. The van der Waals surface area contributed by atoms with Crippen molar-refractivity contribution in [3.05, 3.63) is 69.5 Å². The minimum Gasteiger partial charge on any atom is -0.313 e. The minimum atomic E-state index is -4.15. The summed E-state index contributed by atoms with van der Waals surface area (Å²) in [6.07, 6.45) is 0. The fraction of sp³-hybridized carbons (Fsp3) is 0.294. The summed E-state index contributed by atoms with van der Waals surface area (Å²) in [7, 11) is -4.15. The number of hydrogen-bond acceptors (Lipinski definition) is 5. The Balaban J connectivity index is 2.12. The van der Waals surface area contributed by atoms with Gasteiger partial charge in [-0.1, -0.05) is 24.3 Å². The lowest BCUT2D eigenvalue weighted by Crippen LogP contribution is -2.48. The summed E-state index contributed by atoms with van der Waals surface area (Å²) >= 11 is 0. The fourth-order valence-corrected chi connectivity index (χ4v) is 5.18. The largest absolute Gasteiger partial charge is 0.313 e. The molecular weight excluding hydrogens is 361 g/mol. The molecule has 2 aromatic rings. The zero-order chi connectivity index (χ0) is 18.9. The van der Waals surface area contributed by atoms with Crippen molar-refractivity contribution in [1.82, 2.24) is 9.62 Å². The van der Waals surface area contributed by atoms with Gasteiger partial charge in [0.05, 0.1) is 11.0 Å². The first-order chi connectivity index (χ1) is 12.3. The van der Waals surface area contributed by atoms with Crippen molar-refractivity contribution in [2.75, 3.05) is 19.6 Å². The van der Waals surface area contributed by atoms with Crippen LogP contribution in [0.4, 0.5) is 10.1 Å². The molecule has 7 nitrogen and oxygen atoms in total. The van der Waals surface area contributed by atoms with Gasteiger partial charge in [-0.2, -0.15) is 4.31 Å². The Bertz CT molecular complexity index is 949. The molecule has 1 aliphatic rings. The first-order valence-electron chi connectivity index (χ1n) is 8.04. The second kappa shape index (κ2) is 7.10. The van der Waals surface area contributed by atoms with Crippen molar-refractivity contribution in [3.8, 4) is 0 Å². The minimum absolute atomic E-state index is 0.134. The van der Waals surface area contributed by atoms with Gasteiger partial charge in [0.25, 0.3) is 15.7 Å². The van der Waals surface area contributed by atoms with Gasteiger partial charge in [-0.3, -0.25) is 10.1 Å². The molecule has 0 radical (unpaired) electrons. The lowest BCUT2D eigenvalue weighted by molar-refractivity contribution is -0.387. The molecule has 1 aliphatic heterocycles. The van der Waals surface area contributed by atoms with E-state index < -0.39 is 32.5 Å². The summed E-state index contributed by atoms with van der Waals surface area (Å²) in [4.78, 5) is 10.4. The van der Waals surface area contributed by atoms with Crippen LogP contribution in [0.15, 0.2) is 47.4 Å². The van der Waals surface area contributed by atoms with E-state index in [-0.39, 0.29) is 11.4 Å². The van der Waals surface area contributed by atoms with Gasteiger partial charge < -0.3 is 5.32 Å². The fourth-order valence-electron chi connectivity index (χ4n) is 3.20. The molecule has 1 fully saturated rings. The van der Waals surface area contributed by atoms with Gasteiger partial charge in [0, 0.05) is 25.7 Å². The molecule has 26 heavy (non-hydrogen) atoms. The Morgan fingerprint density at radius 1 is 1.27 bits per heavy atom. The summed E-state index contributed by atoms with van der Waals surface area (Å²) < 4.78 is 41.4. The standard InChI is InChI=1S/C17H18FN3O4S/c1-12-4-2-7-15(21(22)23)17(12)26(24,25)20-9-8-19-11-16(20)13-5-3-6-14(18)10-13/h2-7,10,16,19H,8-9,11H2,1H3. The number of aryl methyl sites for hydroxylation is 1. The van der Waals surface area contributed by atoms with Gasteiger partial charge in [-0.15, -0.1) is 0 Å². The number of rotatable bonds is 4. The number of halogens is 1. The lowest BCUT2D eigenvalue weighted by Gasteiger charge is -2.35. The van der Waals surface area contributed by atoms with Crippen molar-refractivity contribution in [1.29, 1.82) is 0 Å². The van der Waals surface area contributed by atoms with E-state index in [1.54, 1.807) is 6.07 Å². The van der Waals surface area contributed by atoms with E-state index in [0.29, 0.717) is 24.2 Å². The maximum Gasteiger partial charge on any atom is 0.289 e. The molecule has 1 N–H and O–H groups in total. The predicted molar refractivity (Wildman–Crippen MR) is 93.7 cm³/mol. The molecule has 1 unspecified atom stereocenters. The zero-order valence-corrected chi connectivity index (χ0v) is 14.9. The Morgan fingerprint density at radius 2 is 2.00 bits per heavy atom. The Labute approximate surface area is 150 Å². The topological polar surface area (TPSA) is 92.5 Å². The number of benzene rings is 2. The molecule has 0 amide bonds. The molecule has 3 rings (SSSR count). The van der Waals surface area contributed by atoms with Gasteiger partial charge in [0.15, 0.2) is 4.90 Å². The number of nitro benzene ring substituents is 1. The van der Waals surface area contributed by atoms with E-state index in [9.17, 15) is 22.9 Å². The third-order valence-corrected chi connectivity index (χ3v) is 6.48. The molecule has 0 aliphatic carbocycles. The van der Waals surface area contributed by atoms with Crippen molar-refractivity contribution in [2.45, 2.75) is 17.9 Å². The highest BCUT2D eigenvalue weighted by molar-refractivity contribution is 7.89. The van der Waals surface area contributed by atoms with Crippen LogP contribution in [0.2, 0.25) is 0 Å². The molecule has 0 aromatic heterocycles. The van der Waals surface area contributed by atoms with Gasteiger partial charge in [-0.25, -0.2) is 12.8 Å². The van der Waals surface area contributed by atoms with Crippen LogP contribution in [0.3, 0.4) is 0 Å². The summed E-state index contributed by atoms with van der Waals surface area (Å²) in [5, 5.41) is 14.5. The van der Waals surface area contributed by atoms with Gasteiger partial charge in [0.2, 0.25) is 0 Å². The zero-order valence-electron chi connectivity index (χ0n) is 14.1. The van der Waals surface area contributed by atoms with E-state index in [0.717, 1.165) is 0 Å². The maximum absolute atomic E-state index is 13.6. The van der Waals surface area contributed by atoms with Crippen LogP contribution in [0.25, 0.3) is 0 Å².